The average Bonchev–Trinajstić information content (AvgIpc) is 3.34. The highest BCUT2D eigenvalue weighted by atomic mass is 35.5. The first-order valence-electron chi connectivity index (χ1n) is 9.53. The molecule has 2 aromatic carbocycles. The summed E-state index contributed by atoms with van der Waals surface area (Å²) in [6.45, 7) is 0.0265. The lowest BCUT2D eigenvalue weighted by Crippen LogP contribution is -2.25. The number of nitrogens with zero attached hydrogens (tertiary/aromatic N) is 4. The van der Waals surface area contributed by atoms with Crippen LogP contribution in [0.1, 0.15) is 21.7 Å². The SMILES string of the molecule is Cn1nc(C(F)(F)F)c(Cl)c1C(=O)NCc1cn(-c2ccccc2)nc1-c1ccccc1. The van der Waals surface area contributed by atoms with Crippen LogP contribution in [0, 0.1) is 0 Å². The quantitative estimate of drug-likeness (QED) is 0.463. The summed E-state index contributed by atoms with van der Waals surface area (Å²) in [6.07, 6.45) is -2.99. The summed E-state index contributed by atoms with van der Waals surface area (Å²) < 4.78 is 41.7. The van der Waals surface area contributed by atoms with Gasteiger partial charge in [-0.3, -0.25) is 9.48 Å². The van der Waals surface area contributed by atoms with Gasteiger partial charge in [-0.05, 0) is 12.1 Å². The minimum atomic E-state index is -4.76. The van der Waals surface area contributed by atoms with E-state index in [0.717, 1.165) is 15.9 Å². The number of carbonyl (C=O) groups excluding carboxylic acids is 1. The fourth-order valence-electron chi connectivity index (χ4n) is 3.28. The van der Waals surface area contributed by atoms with Crippen molar-refractivity contribution in [1.29, 1.82) is 0 Å². The zero-order valence-corrected chi connectivity index (χ0v) is 17.5. The zero-order chi connectivity index (χ0) is 22.9. The van der Waals surface area contributed by atoms with Gasteiger partial charge in [0.15, 0.2) is 5.69 Å². The molecule has 0 radical (unpaired) electrons. The van der Waals surface area contributed by atoms with Gasteiger partial charge >= 0.3 is 6.18 Å². The number of hydrogen-bond acceptors (Lipinski definition) is 3. The Morgan fingerprint density at radius 2 is 1.66 bits per heavy atom. The van der Waals surface area contributed by atoms with Crippen LogP contribution in [0.25, 0.3) is 16.9 Å². The van der Waals surface area contributed by atoms with Crippen molar-refractivity contribution >= 4 is 17.5 Å². The maximum absolute atomic E-state index is 13.1. The van der Waals surface area contributed by atoms with E-state index in [0.29, 0.717) is 11.3 Å². The highest BCUT2D eigenvalue weighted by molar-refractivity contribution is 6.34. The smallest absolute Gasteiger partial charge is 0.346 e. The van der Waals surface area contributed by atoms with Gasteiger partial charge in [-0.2, -0.15) is 23.4 Å². The van der Waals surface area contributed by atoms with Crippen molar-refractivity contribution in [3.63, 3.8) is 0 Å². The summed E-state index contributed by atoms with van der Waals surface area (Å²) >= 11 is 5.82. The molecule has 2 heterocycles. The van der Waals surface area contributed by atoms with E-state index in [1.54, 1.807) is 10.9 Å². The molecule has 6 nitrogen and oxygen atoms in total. The van der Waals surface area contributed by atoms with Gasteiger partial charge in [0.05, 0.1) is 11.4 Å². The Hall–Kier alpha value is -3.59. The summed E-state index contributed by atoms with van der Waals surface area (Å²) in [7, 11) is 1.23. The van der Waals surface area contributed by atoms with E-state index >= 15 is 0 Å². The Kier molecular flexibility index (Phi) is 5.75. The van der Waals surface area contributed by atoms with Crippen LogP contribution >= 0.6 is 11.6 Å². The molecule has 0 fully saturated rings. The van der Waals surface area contributed by atoms with Crippen molar-refractivity contribution in [2.24, 2.45) is 7.05 Å². The topological polar surface area (TPSA) is 64.7 Å². The normalized spacial score (nSPS) is 11.5. The third kappa shape index (κ3) is 4.24. The molecule has 4 aromatic rings. The van der Waals surface area contributed by atoms with Crippen LogP contribution in [0.2, 0.25) is 5.02 Å². The molecular weight excluding hydrogens is 443 g/mol. The molecule has 1 amide bonds. The molecule has 0 atom stereocenters. The van der Waals surface area contributed by atoms with Gasteiger partial charge < -0.3 is 5.32 Å². The van der Waals surface area contributed by atoms with Crippen molar-refractivity contribution in [2.75, 3.05) is 0 Å². The maximum Gasteiger partial charge on any atom is 0.436 e. The molecule has 0 bridgehead atoms. The van der Waals surface area contributed by atoms with Gasteiger partial charge in [0.1, 0.15) is 10.7 Å². The molecule has 10 heteroatoms. The largest absolute Gasteiger partial charge is 0.436 e. The molecule has 0 aliphatic rings. The molecule has 2 aromatic heterocycles. The fraction of sp³-hybridized carbons (Fsp3) is 0.136. The van der Waals surface area contributed by atoms with Crippen LogP contribution < -0.4 is 5.32 Å². The number of carbonyl (C=O) groups is 1. The average molecular weight is 460 g/mol. The van der Waals surface area contributed by atoms with Crippen LogP contribution in [-0.4, -0.2) is 25.5 Å². The van der Waals surface area contributed by atoms with Gasteiger partial charge in [0, 0.05) is 30.9 Å². The van der Waals surface area contributed by atoms with Gasteiger partial charge in [-0.1, -0.05) is 60.1 Å². The summed E-state index contributed by atoms with van der Waals surface area (Å²) in [4.78, 5) is 12.7. The van der Waals surface area contributed by atoms with Crippen LogP contribution in [-0.2, 0) is 19.8 Å². The second-order valence-corrected chi connectivity index (χ2v) is 7.34. The Balaban J connectivity index is 1.64. The number of benzene rings is 2. The third-order valence-electron chi connectivity index (χ3n) is 4.77. The maximum atomic E-state index is 13.1. The highest BCUT2D eigenvalue weighted by Gasteiger charge is 2.39. The number of amides is 1. The van der Waals surface area contributed by atoms with E-state index in [-0.39, 0.29) is 12.2 Å². The molecule has 4 rings (SSSR count). The first kappa shape index (κ1) is 21.6. The fourth-order valence-corrected chi connectivity index (χ4v) is 3.63. The van der Waals surface area contributed by atoms with E-state index in [1.165, 1.54) is 7.05 Å². The number of aryl methyl sites for hydroxylation is 1. The van der Waals surface area contributed by atoms with Crippen LogP contribution in [0.5, 0.6) is 0 Å². The molecule has 32 heavy (non-hydrogen) atoms. The summed E-state index contributed by atoms with van der Waals surface area (Å²) in [6, 6.07) is 18.8. The van der Waals surface area contributed by atoms with Crippen molar-refractivity contribution in [3.8, 4) is 16.9 Å². The molecule has 0 spiro atoms. The summed E-state index contributed by atoms with van der Waals surface area (Å²) in [5.41, 5.74) is 1.32. The number of aromatic nitrogens is 4. The van der Waals surface area contributed by atoms with Gasteiger partial charge in [0.25, 0.3) is 5.91 Å². The van der Waals surface area contributed by atoms with Crippen LogP contribution in [0.15, 0.2) is 66.9 Å². The van der Waals surface area contributed by atoms with Crippen LogP contribution in [0.4, 0.5) is 13.2 Å². The molecular formula is C22H17ClF3N5O. The second-order valence-electron chi connectivity index (χ2n) is 6.96. The second kappa shape index (κ2) is 8.51. The van der Waals surface area contributed by atoms with Crippen molar-refractivity contribution in [3.05, 3.63) is 88.8 Å². The van der Waals surface area contributed by atoms with E-state index in [4.69, 9.17) is 11.6 Å². The lowest BCUT2D eigenvalue weighted by atomic mass is 10.1. The predicted octanol–water partition coefficient (Wildman–Crippen LogP) is 4.88. The predicted molar refractivity (Wildman–Crippen MR) is 113 cm³/mol. The summed E-state index contributed by atoms with van der Waals surface area (Å²) in [5.74, 6) is -0.771. The van der Waals surface area contributed by atoms with Gasteiger partial charge in [-0.15, -0.1) is 0 Å². The first-order chi connectivity index (χ1) is 15.3. The number of para-hydroxylation sites is 1. The molecule has 0 saturated heterocycles. The Morgan fingerprint density at radius 1 is 1.03 bits per heavy atom. The van der Waals surface area contributed by atoms with E-state index in [9.17, 15) is 18.0 Å². The minimum absolute atomic E-state index is 0.0265. The zero-order valence-electron chi connectivity index (χ0n) is 16.8. The molecule has 0 saturated carbocycles. The standard InChI is InChI=1S/C22H17ClF3N5O/c1-30-19(17(23)20(29-30)22(24,25)26)21(32)27-12-15-13-31(16-10-6-3-7-11-16)28-18(15)14-8-4-2-5-9-14/h2-11,13H,12H2,1H3,(H,27,32). The van der Waals surface area contributed by atoms with Gasteiger partial charge in [-0.25, -0.2) is 4.68 Å². The lowest BCUT2D eigenvalue weighted by molar-refractivity contribution is -0.141. The number of alkyl halides is 3. The number of hydrogen-bond donors (Lipinski definition) is 1. The third-order valence-corrected chi connectivity index (χ3v) is 5.13. The number of halogens is 4. The van der Waals surface area contributed by atoms with Crippen molar-refractivity contribution < 1.29 is 18.0 Å². The number of nitrogens with one attached hydrogen (secondary N) is 1. The van der Waals surface area contributed by atoms with E-state index in [2.05, 4.69) is 15.5 Å². The Bertz CT molecular complexity index is 1250. The Labute approximate surface area is 186 Å². The van der Waals surface area contributed by atoms with E-state index in [1.807, 2.05) is 60.7 Å². The molecule has 1 N–H and O–H groups in total. The van der Waals surface area contributed by atoms with Crippen molar-refractivity contribution in [2.45, 2.75) is 12.7 Å². The van der Waals surface area contributed by atoms with E-state index < -0.39 is 22.8 Å². The monoisotopic (exact) mass is 459 g/mol. The molecule has 0 unspecified atom stereocenters. The highest BCUT2D eigenvalue weighted by Crippen LogP contribution is 2.35. The van der Waals surface area contributed by atoms with Gasteiger partial charge in [0.2, 0.25) is 0 Å². The lowest BCUT2D eigenvalue weighted by Gasteiger charge is -2.06. The molecule has 164 valence electrons. The number of rotatable bonds is 5. The summed E-state index contributed by atoms with van der Waals surface area (Å²) in [5, 5.41) is 9.89. The minimum Gasteiger partial charge on any atom is -0.346 e. The van der Waals surface area contributed by atoms with Crippen molar-refractivity contribution in [1.82, 2.24) is 24.9 Å². The molecule has 0 aliphatic heterocycles. The molecule has 0 aliphatic carbocycles. The first-order valence-corrected chi connectivity index (χ1v) is 9.91. The Morgan fingerprint density at radius 3 is 2.25 bits per heavy atom. The van der Waals surface area contributed by atoms with Crippen LogP contribution in [0.3, 0.4) is 0 Å².